The summed E-state index contributed by atoms with van der Waals surface area (Å²) in [6, 6.07) is -0.545. The van der Waals surface area contributed by atoms with Gasteiger partial charge in [0, 0.05) is 13.7 Å². The van der Waals surface area contributed by atoms with Crippen molar-refractivity contribution in [2.24, 2.45) is 17.1 Å². The van der Waals surface area contributed by atoms with Crippen LogP contribution in [0.5, 0.6) is 0 Å². The van der Waals surface area contributed by atoms with E-state index in [0.717, 1.165) is 6.54 Å². The van der Waals surface area contributed by atoms with Crippen molar-refractivity contribution in [2.75, 3.05) is 20.3 Å². The van der Waals surface area contributed by atoms with Gasteiger partial charge >= 0.3 is 0 Å². The van der Waals surface area contributed by atoms with Crippen LogP contribution in [0.4, 0.5) is 0 Å². The summed E-state index contributed by atoms with van der Waals surface area (Å²) in [6.07, 6.45) is 4.93. The van der Waals surface area contributed by atoms with E-state index in [2.05, 4.69) is 19.2 Å². The van der Waals surface area contributed by atoms with Gasteiger partial charge in [0.2, 0.25) is 5.91 Å². The molecule has 1 atom stereocenters. The Kier molecular flexibility index (Phi) is 5.40. The molecule has 3 N–H and O–H groups in total. The third-order valence-corrected chi connectivity index (χ3v) is 3.58. The van der Waals surface area contributed by atoms with Crippen LogP contribution in [-0.2, 0) is 9.53 Å². The van der Waals surface area contributed by atoms with Crippen LogP contribution in [0, 0.1) is 11.3 Å². The molecule has 1 aliphatic carbocycles. The summed E-state index contributed by atoms with van der Waals surface area (Å²) >= 11 is 0. The van der Waals surface area contributed by atoms with E-state index in [1.165, 1.54) is 25.7 Å². The number of carbonyl (C=O) groups excluding carboxylic acids is 1. The molecule has 4 nitrogen and oxygen atoms in total. The maximum absolute atomic E-state index is 11.7. The fraction of sp³-hybridized carbons (Fsp3) is 0.923. The fourth-order valence-electron chi connectivity index (χ4n) is 2.66. The summed E-state index contributed by atoms with van der Waals surface area (Å²) in [5.74, 6) is 0.585. The van der Waals surface area contributed by atoms with Gasteiger partial charge in [-0.1, -0.05) is 20.3 Å². The Morgan fingerprint density at radius 1 is 1.47 bits per heavy atom. The first-order chi connectivity index (χ1) is 7.99. The number of carbonyl (C=O) groups is 1. The van der Waals surface area contributed by atoms with Gasteiger partial charge in [0.15, 0.2) is 0 Å². The predicted molar refractivity (Wildman–Crippen MR) is 68.6 cm³/mol. The lowest BCUT2D eigenvalue weighted by Gasteiger charge is -2.43. The highest BCUT2D eigenvalue weighted by Crippen LogP contribution is 2.45. The van der Waals surface area contributed by atoms with Gasteiger partial charge in [-0.3, -0.25) is 4.79 Å². The summed E-state index contributed by atoms with van der Waals surface area (Å²) in [5.41, 5.74) is 6.01. The molecule has 0 radical (unpaired) electrons. The number of methoxy groups -OCH3 is 1. The predicted octanol–water partition coefficient (Wildman–Crippen LogP) is 1.29. The molecule has 0 aromatic rings. The zero-order chi connectivity index (χ0) is 12.9. The van der Waals surface area contributed by atoms with Crippen LogP contribution >= 0.6 is 0 Å². The van der Waals surface area contributed by atoms with Crippen LogP contribution in [0.25, 0.3) is 0 Å². The SMILES string of the molecule is COCC(N)C(=O)NCC1(CC(C)C)CCC1. The van der Waals surface area contributed by atoms with Gasteiger partial charge in [0.1, 0.15) is 6.04 Å². The zero-order valence-electron chi connectivity index (χ0n) is 11.3. The van der Waals surface area contributed by atoms with E-state index in [1.807, 2.05) is 0 Å². The molecule has 0 aromatic carbocycles. The Bertz CT molecular complexity index is 250. The molecule has 0 aliphatic heterocycles. The quantitative estimate of drug-likeness (QED) is 0.707. The number of nitrogens with two attached hydrogens (primary N) is 1. The largest absolute Gasteiger partial charge is 0.383 e. The molecule has 0 heterocycles. The Balaban J connectivity index is 2.35. The average Bonchev–Trinajstić information content (AvgIpc) is 2.21. The monoisotopic (exact) mass is 242 g/mol. The van der Waals surface area contributed by atoms with Gasteiger partial charge in [-0.15, -0.1) is 0 Å². The molecule has 1 aliphatic rings. The third-order valence-electron chi connectivity index (χ3n) is 3.58. The molecule has 1 saturated carbocycles. The first-order valence-electron chi connectivity index (χ1n) is 6.51. The Hall–Kier alpha value is -0.610. The third kappa shape index (κ3) is 4.28. The second kappa shape index (κ2) is 6.36. The first kappa shape index (κ1) is 14.5. The van der Waals surface area contributed by atoms with Crippen molar-refractivity contribution in [3.05, 3.63) is 0 Å². The molecule has 0 bridgehead atoms. The van der Waals surface area contributed by atoms with Crippen LogP contribution in [-0.4, -0.2) is 32.2 Å². The van der Waals surface area contributed by atoms with E-state index in [4.69, 9.17) is 10.5 Å². The lowest BCUT2D eigenvalue weighted by Crippen LogP contribution is -2.49. The van der Waals surface area contributed by atoms with Gasteiger partial charge in [-0.05, 0) is 30.6 Å². The smallest absolute Gasteiger partial charge is 0.239 e. The topological polar surface area (TPSA) is 64.3 Å². The summed E-state index contributed by atoms with van der Waals surface area (Å²) in [7, 11) is 1.55. The highest BCUT2D eigenvalue weighted by atomic mass is 16.5. The number of rotatable bonds is 7. The van der Waals surface area contributed by atoms with Crippen LogP contribution in [0.2, 0.25) is 0 Å². The van der Waals surface area contributed by atoms with Gasteiger partial charge in [-0.2, -0.15) is 0 Å². The molecule has 0 saturated heterocycles. The Morgan fingerprint density at radius 2 is 2.12 bits per heavy atom. The molecule has 1 unspecified atom stereocenters. The lowest BCUT2D eigenvalue weighted by molar-refractivity contribution is -0.124. The highest BCUT2D eigenvalue weighted by molar-refractivity contribution is 5.81. The van der Waals surface area contributed by atoms with E-state index >= 15 is 0 Å². The number of amides is 1. The summed E-state index contributed by atoms with van der Waals surface area (Å²) < 4.78 is 4.88. The normalized spacial score (nSPS) is 19.8. The maximum Gasteiger partial charge on any atom is 0.239 e. The Morgan fingerprint density at radius 3 is 2.53 bits per heavy atom. The number of hydrogen-bond acceptors (Lipinski definition) is 3. The van der Waals surface area contributed by atoms with Crippen molar-refractivity contribution < 1.29 is 9.53 Å². The number of ether oxygens (including phenoxy) is 1. The van der Waals surface area contributed by atoms with E-state index in [1.54, 1.807) is 7.11 Å². The van der Waals surface area contributed by atoms with Crippen molar-refractivity contribution >= 4 is 5.91 Å². The van der Waals surface area contributed by atoms with Crippen LogP contribution in [0.1, 0.15) is 39.5 Å². The second-order valence-corrected chi connectivity index (χ2v) is 5.73. The minimum Gasteiger partial charge on any atom is -0.383 e. The van der Waals surface area contributed by atoms with Crippen molar-refractivity contribution in [3.63, 3.8) is 0 Å². The van der Waals surface area contributed by atoms with Gasteiger partial charge in [-0.25, -0.2) is 0 Å². The molecule has 1 fully saturated rings. The summed E-state index contributed by atoms with van der Waals surface area (Å²) in [5, 5.41) is 2.97. The number of hydrogen-bond donors (Lipinski definition) is 2. The van der Waals surface area contributed by atoms with Crippen molar-refractivity contribution in [3.8, 4) is 0 Å². The standard InChI is InChI=1S/C13H26N2O2/c1-10(2)7-13(5-4-6-13)9-15-12(16)11(14)8-17-3/h10-11H,4-9,14H2,1-3H3,(H,15,16). The molecule has 17 heavy (non-hydrogen) atoms. The summed E-state index contributed by atoms with van der Waals surface area (Å²) in [4.78, 5) is 11.7. The maximum atomic E-state index is 11.7. The minimum atomic E-state index is -0.545. The molecule has 4 heteroatoms. The van der Waals surface area contributed by atoms with E-state index < -0.39 is 6.04 Å². The molecule has 0 spiro atoms. The van der Waals surface area contributed by atoms with Gasteiger partial charge in [0.05, 0.1) is 6.61 Å². The molecule has 0 aromatic heterocycles. The van der Waals surface area contributed by atoms with Crippen molar-refractivity contribution in [2.45, 2.75) is 45.6 Å². The molecule has 1 rings (SSSR count). The lowest BCUT2D eigenvalue weighted by atomic mass is 9.64. The Labute approximate surface area is 104 Å². The van der Waals surface area contributed by atoms with Crippen molar-refractivity contribution in [1.82, 2.24) is 5.32 Å². The average molecular weight is 242 g/mol. The fourth-order valence-corrected chi connectivity index (χ4v) is 2.66. The van der Waals surface area contributed by atoms with Gasteiger partial charge < -0.3 is 15.8 Å². The molecular weight excluding hydrogens is 216 g/mol. The van der Waals surface area contributed by atoms with Crippen LogP contribution in [0.15, 0.2) is 0 Å². The van der Waals surface area contributed by atoms with E-state index in [0.29, 0.717) is 11.3 Å². The highest BCUT2D eigenvalue weighted by Gasteiger charge is 2.37. The molecule has 100 valence electrons. The van der Waals surface area contributed by atoms with Crippen LogP contribution in [0.3, 0.4) is 0 Å². The van der Waals surface area contributed by atoms with E-state index in [9.17, 15) is 4.79 Å². The zero-order valence-corrected chi connectivity index (χ0v) is 11.3. The first-order valence-corrected chi connectivity index (χ1v) is 6.51. The molecule has 1 amide bonds. The van der Waals surface area contributed by atoms with Crippen molar-refractivity contribution in [1.29, 1.82) is 0 Å². The van der Waals surface area contributed by atoms with E-state index in [-0.39, 0.29) is 12.5 Å². The molecular formula is C13H26N2O2. The van der Waals surface area contributed by atoms with Crippen LogP contribution < -0.4 is 11.1 Å². The second-order valence-electron chi connectivity index (χ2n) is 5.73. The number of nitrogens with one attached hydrogen (secondary N) is 1. The van der Waals surface area contributed by atoms with Gasteiger partial charge in [0.25, 0.3) is 0 Å². The minimum absolute atomic E-state index is 0.0955. The summed E-state index contributed by atoms with van der Waals surface area (Å²) in [6.45, 7) is 5.52.